The Bertz CT molecular complexity index is 1150. The Kier molecular flexibility index (Phi) is 3.60. The number of hydrogen-bond donors (Lipinski definition) is 1. The van der Waals surface area contributed by atoms with E-state index in [2.05, 4.69) is 72.1 Å². The molecule has 2 nitrogen and oxygen atoms in total. The van der Waals surface area contributed by atoms with Gasteiger partial charge in [-0.05, 0) is 48.2 Å². The van der Waals surface area contributed by atoms with E-state index in [-0.39, 0.29) is 0 Å². The lowest BCUT2D eigenvalue weighted by Gasteiger charge is -2.10. The van der Waals surface area contributed by atoms with Gasteiger partial charge in [0.05, 0.1) is 5.69 Å². The number of para-hydroxylation sites is 2. The van der Waals surface area contributed by atoms with E-state index < -0.39 is 0 Å². The predicted molar refractivity (Wildman–Crippen MR) is 110 cm³/mol. The first-order chi connectivity index (χ1) is 12.9. The third kappa shape index (κ3) is 2.60. The minimum Gasteiger partial charge on any atom is -0.454 e. The topological polar surface area (TPSA) is 25.2 Å². The van der Waals surface area contributed by atoms with E-state index in [0.717, 1.165) is 46.2 Å². The number of nitrogens with one attached hydrogen (secondary N) is 1. The van der Waals surface area contributed by atoms with Gasteiger partial charge in [-0.15, -0.1) is 0 Å². The van der Waals surface area contributed by atoms with Crippen LogP contribution in [-0.2, 0) is 0 Å². The van der Waals surface area contributed by atoms with Gasteiger partial charge in [0.25, 0.3) is 0 Å². The minimum atomic E-state index is 0.899. The number of rotatable bonds is 3. The van der Waals surface area contributed by atoms with Crippen LogP contribution in [0.25, 0.3) is 27.5 Å². The van der Waals surface area contributed by atoms with E-state index >= 15 is 0 Å². The van der Waals surface area contributed by atoms with Crippen LogP contribution in [-0.4, -0.2) is 0 Å². The summed E-state index contributed by atoms with van der Waals surface area (Å²) in [7, 11) is 0. The molecule has 0 saturated carbocycles. The molecule has 1 aromatic heterocycles. The molecule has 5 rings (SSSR count). The zero-order chi connectivity index (χ0) is 17.3. The maximum atomic E-state index is 6.09. The summed E-state index contributed by atoms with van der Waals surface area (Å²) in [6.07, 6.45) is 9.02. The zero-order valence-corrected chi connectivity index (χ0v) is 14.4. The fourth-order valence-corrected chi connectivity index (χ4v) is 3.57. The third-order valence-corrected chi connectivity index (χ3v) is 4.90. The molecular formula is C24H19NO. The Morgan fingerprint density at radius 3 is 2.46 bits per heavy atom. The molecule has 0 spiro atoms. The van der Waals surface area contributed by atoms with Crippen LogP contribution < -0.4 is 5.32 Å². The summed E-state index contributed by atoms with van der Waals surface area (Å²) in [6, 6.07) is 23.0. The van der Waals surface area contributed by atoms with Gasteiger partial charge >= 0.3 is 0 Å². The summed E-state index contributed by atoms with van der Waals surface area (Å²) in [5.41, 5.74) is 6.43. The summed E-state index contributed by atoms with van der Waals surface area (Å²) in [6.45, 7) is 0. The van der Waals surface area contributed by atoms with Crippen LogP contribution in [0, 0.1) is 0 Å². The summed E-state index contributed by atoms with van der Waals surface area (Å²) >= 11 is 0. The average Bonchev–Trinajstić information content (AvgIpc) is 3.09. The normalized spacial score (nSPS) is 13.9. The van der Waals surface area contributed by atoms with E-state index in [4.69, 9.17) is 4.42 Å². The van der Waals surface area contributed by atoms with Crippen molar-refractivity contribution in [2.45, 2.75) is 12.8 Å². The first kappa shape index (κ1) is 15.0. The lowest BCUT2D eigenvalue weighted by Crippen LogP contribution is -1.91. The molecule has 0 radical (unpaired) electrons. The first-order valence-electron chi connectivity index (χ1n) is 9.03. The number of benzene rings is 3. The fourth-order valence-electron chi connectivity index (χ4n) is 3.57. The molecule has 0 amide bonds. The predicted octanol–water partition coefficient (Wildman–Crippen LogP) is 7.06. The van der Waals surface area contributed by atoms with Crippen molar-refractivity contribution in [3.8, 4) is 0 Å². The van der Waals surface area contributed by atoms with Crippen LogP contribution >= 0.6 is 0 Å². The smallest absolute Gasteiger partial charge is 0.158 e. The van der Waals surface area contributed by atoms with Crippen molar-refractivity contribution in [3.05, 3.63) is 90.5 Å². The maximum absolute atomic E-state index is 6.09. The monoisotopic (exact) mass is 337 g/mol. The maximum Gasteiger partial charge on any atom is 0.158 e. The van der Waals surface area contributed by atoms with Gasteiger partial charge in [0.2, 0.25) is 0 Å². The van der Waals surface area contributed by atoms with E-state index in [0.29, 0.717) is 0 Å². The first-order valence-corrected chi connectivity index (χ1v) is 9.03. The molecule has 1 aliphatic rings. The Morgan fingerprint density at radius 2 is 1.62 bits per heavy atom. The molecule has 0 bridgehead atoms. The van der Waals surface area contributed by atoms with Crippen LogP contribution in [0.1, 0.15) is 18.4 Å². The van der Waals surface area contributed by atoms with E-state index in [1.54, 1.807) is 0 Å². The summed E-state index contributed by atoms with van der Waals surface area (Å²) in [4.78, 5) is 0. The SMILES string of the molecule is C1=CC(c2ccc(Nc3cccc4c3oc3ccccc34)cc2)=CCC1. The second kappa shape index (κ2) is 6.23. The van der Waals surface area contributed by atoms with E-state index in [1.807, 2.05) is 18.2 Å². The standard InChI is InChI=1S/C24H19NO/c1-2-7-17(8-3-1)18-13-15-19(16-14-18)25-22-11-6-10-21-20-9-4-5-12-23(20)26-24(21)22/h2,4-16,25H,1,3H2. The molecule has 2 heteroatoms. The summed E-state index contributed by atoms with van der Waals surface area (Å²) in [5.74, 6) is 0. The molecule has 3 aromatic carbocycles. The fraction of sp³-hybridized carbons (Fsp3) is 0.0833. The highest BCUT2D eigenvalue weighted by molar-refractivity contribution is 6.09. The lowest BCUT2D eigenvalue weighted by molar-refractivity contribution is 0.670. The molecule has 0 aliphatic heterocycles. The van der Waals surface area contributed by atoms with Crippen molar-refractivity contribution in [2.24, 2.45) is 0 Å². The Morgan fingerprint density at radius 1 is 0.769 bits per heavy atom. The number of fused-ring (bicyclic) bond motifs is 3. The van der Waals surface area contributed by atoms with Crippen molar-refractivity contribution in [2.75, 3.05) is 5.32 Å². The highest BCUT2D eigenvalue weighted by Gasteiger charge is 2.10. The molecule has 0 saturated heterocycles. The van der Waals surface area contributed by atoms with Crippen LogP contribution in [0.15, 0.2) is 89.4 Å². The van der Waals surface area contributed by atoms with Gasteiger partial charge in [-0.3, -0.25) is 0 Å². The van der Waals surface area contributed by atoms with E-state index in [1.165, 1.54) is 11.1 Å². The average molecular weight is 337 g/mol. The van der Waals surface area contributed by atoms with Crippen LogP contribution in [0.2, 0.25) is 0 Å². The Hall–Kier alpha value is -3.26. The Balaban J connectivity index is 1.49. The van der Waals surface area contributed by atoms with Crippen molar-refractivity contribution in [1.29, 1.82) is 0 Å². The highest BCUT2D eigenvalue weighted by Crippen LogP contribution is 2.34. The van der Waals surface area contributed by atoms with Gasteiger partial charge in [-0.1, -0.05) is 60.7 Å². The molecule has 1 heterocycles. The highest BCUT2D eigenvalue weighted by atomic mass is 16.3. The molecule has 0 fully saturated rings. The molecular weight excluding hydrogens is 318 g/mol. The number of anilines is 2. The number of furan rings is 1. The number of allylic oxidation sites excluding steroid dienone is 4. The third-order valence-electron chi connectivity index (χ3n) is 4.90. The molecule has 0 atom stereocenters. The quantitative estimate of drug-likeness (QED) is 0.433. The second-order valence-corrected chi connectivity index (χ2v) is 6.62. The van der Waals surface area contributed by atoms with Crippen molar-refractivity contribution in [1.82, 2.24) is 0 Å². The van der Waals surface area contributed by atoms with Gasteiger partial charge in [0, 0.05) is 16.5 Å². The van der Waals surface area contributed by atoms with Crippen LogP contribution in [0.3, 0.4) is 0 Å². The van der Waals surface area contributed by atoms with Gasteiger partial charge < -0.3 is 9.73 Å². The van der Waals surface area contributed by atoms with Crippen molar-refractivity contribution < 1.29 is 4.42 Å². The number of hydrogen-bond acceptors (Lipinski definition) is 2. The van der Waals surface area contributed by atoms with Crippen LogP contribution in [0.4, 0.5) is 11.4 Å². The largest absolute Gasteiger partial charge is 0.454 e. The zero-order valence-electron chi connectivity index (χ0n) is 14.4. The minimum absolute atomic E-state index is 0.899. The lowest BCUT2D eigenvalue weighted by atomic mass is 9.99. The van der Waals surface area contributed by atoms with Gasteiger partial charge in [0.15, 0.2) is 5.58 Å². The van der Waals surface area contributed by atoms with Gasteiger partial charge in [-0.2, -0.15) is 0 Å². The van der Waals surface area contributed by atoms with Gasteiger partial charge in [-0.25, -0.2) is 0 Å². The molecule has 1 N–H and O–H groups in total. The summed E-state index contributed by atoms with van der Waals surface area (Å²) in [5, 5.41) is 5.80. The van der Waals surface area contributed by atoms with Crippen LogP contribution in [0.5, 0.6) is 0 Å². The molecule has 26 heavy (non-hydrogen) atoms. The van der Waals surface area contributed by atoms with Gasteiger partial charge in [0.1, 0.15) is 5.58 Å². The Labute approximate surface area is 152 Å². The van der Waals surface area contributed by atoms with Crippen molar-refractivity contribution in [3.63, 3.8) is 0 Å². The van der Waals surface area contributed by atoms with E-state index in [9.17, 15) is 0 Å². The molecule has 126 valence electrons. The second-order valence-electron chi connectivity index (χ2n) is 6.62. The summed E-state index contributed by atoms with van der Waals surface area (Å²) < 4.78 is 6.09. The molecule has 1 aliphatic carbocycles. The molecule has 0 unspecified atom stereocenters. The van der Waals surface area contributed by atoms with Crippen molar-refractivity contribution >= 4 is 38.9 Å². The molecule has 4 aromatic rings.